The van der Waals surface area contributed by atoms with Crippen molar-refractivity contribution in [2.75, 3.05) is 26.3 Å². The Labute approximate surface area is 184 Å². The van der Waals surface area contributed by atoms with Gasteiger partial charge in [0.2, 0.25) is 0 Å². The van der Waals surface area contributed by atoms with Gasteiger partial charge in [-0.3, -0.25) is 4.57 Å². The maximum absolute atomic E-state index is 9.37. The quantitative estimate of drug-likeness (QED) is 0.421. The lowest BCUT2D eigenvalue weighted by molar-refractivity contribution is 0.0925. The largest absolute Gasteiger partial charge is 0.492 e. The van der Waals surface area contributed by atoms with Gasteiger partial charge in [-0.05, 0) is 37.6 Å². The molecule has 8 heteroatoms. The van der Waals surface area contributed by atoms with Crippen molar-refractivity contribution in [1.82, 2.24) is 19.9 Å². The van der Waals surface area contributed by atoms with Crippen LogP contribution in [0, 0.1) is 17.2 Å². The summed E-state index contributed by atoms with van der Waals surface area (Å²) in [6, 6.07) is 7.00. The Morgan fingerprint density at radius 1 is 1.32 bits per heavy atom. The molecule has 164 valence electrons. The number of hydrogen-bond acceptors (Lipinski definition) is 6. The topological polar surface area (TPSA) is 85.0 Å². The molecule has 0 spiro atoms. The van der Waals surface area contributed by atoms with Crippen LogP contribution >= 0.6 is 0 Å². The van der Waals surface area contributed by atoms with E-state index in [1.165, 1.54) is 12.8 Å². The molecule has 1 aliphatic rings. The first-order chi connectivity index (χ1) is 15.0. The monoisotopic (exact) mass is 437 g/mol. The first kappa shape index (κ1) is 21.7. The predicted molar refractivity (Wildman–Crippen MR) is 125 cm³/mol. The van der Waals surface area contributed by atoms with Gasteiger partial charge in [0.15, 0.2) is 0 Å². The molecule has 1 atom stereocenters. The minimum atomic E-state index is -1.16. The Kier molecular flexibility index (Phi) is 6.56. The summed E-state index contributed by atoms with van der Waals surface area (Å²) in [6.07, 6.45) is 5.89. The van der Waals surface area contributed by atoms with Gasteiger partial charge in [0.1, 0.15) is 29.9 Å². The highest BCUT2D eigenvalue weighted by molar-refractivity contribution is 6.76. The summed E-state index contributed by atoms with van der Waals surface area (Å²) in [5.41, 5.74) is 2.10. The van der Waals surface area contributed by atoms with E-state index in [0.717, 1.165) is 53.4 Å². The molecule has 0 amide bonds. The fourth-order valence-electron chi connectivity index (χ4n) is 3.99. The molecular formula is C23H31N5O2Si. The van der Waals surface area contributed by atoms with E-state index in [0.29, 0.717) is 24.9 Å². The van der Waals surface area contributed by atoms with Gasteiger partial charge in [-0.2, -0.15) is 5.26 Å². The zero-order valence-electron chi connectivity index (χ0n) is 18.6. The van der Waals surface area contributed by atoms with E-state index < -0.39 is 8.07 Å². The summed E-state index contributed by atoms with van der Waals surface area (Å²) >= 11 is 0. The van der Waals surface area contributed by atoms with Gasteiger partial charge in [-0.15, -0.1) is 0 Å². The minimum Gasteiger partial charge on any atom is -0.492 e. The maximum atomic E-state index is 9.37. The molecule has 3 aromatic heterocycles. The summed E-state index contributed by atoms with van der Waals surface area (Å²) < 4.78 is 14.4. The van der Waals surface area contributed by atoms with E-state index in [9.17, 15) is 5.26 Å². The molecule has 1 aliphatic heterocycles. The Hall–Kier alpha value is -2.47. The molecule has 7 nitrogen and oxygen atoms in total. The van der Waals surface area contributed by atoms with Gasteiger partial charge < -0.3 is 14.8 Å². The highest BCUT2D eigenvalue weighted by Gasteiger charge is 2.20. The predicted octanol–water partition coefficient (Wildman–Crippen LogP) is 4.15. The molecule has 0 saturated carbocycles. The number of nitrogens with zero attached hydrogens (tertiary/aromatic N) is 4. The third-order valence-corrected chi connectivity index (χ3v) is 7.50. The number of aromatic nitrogens is 3. The van der Waals surface area contributed by atoms with Crippen LogP contribution in [0.2, 0.25) is 25.7 Å². The first-order valence-corrected chi connectivity index (χ1v) is 14.8. The van der Waals surface area contributed by atoms with Crippen molar-refractivity contribution in [3.63, 3.8) is 0 Å². The number of ether oxygens (including phenoxy) is 2. The zero-order valence-corrected chi connectivity index (χ0v) is 19.6. The van der Waals surface area contributed by atoms with Gasteiger partial charge in [-0.25, -0.2) is 9.97 Å². The number of nitriles is 1. The number of piperidine rings is 1. The summed E-state index contributed by atoms with van der Waals surface area (Å²) in [6.45, 7) is 10.9. The molecule has 3 aromatic rings. The lowest BCUT2D eigenvalue weighted by Gasteiger charge is -2.23. The van der Waals surface area contributed by atoms with Crippen LogP contribution in [0.4, 0.5) is 0 Å². The molecule has 4 heterocycles. The van der Waals surface area contributed by atoms with Crippen LogP contribution in [-0.2, 0) is 11.5 Å². The Bertz CT molecular complexity index is 1090. The van der Waals surface area contributed by atoms with Crippen LogP contribution in [0.25, 0.3) is 21.9 Å². The van der Waals surface area contributed by atoms with Gasteiger partial charge in [0, 0.05) is 38.7 Å². The minimum absolute atomic E-state index is 0.387. The van der Waals surface area contributed by atoms with Crippen LogP contribution in [0.1, 0.15) is 18.5 Å². The fourth-order valence-corrected chi connectivity index (χ4v) is 4.75. The van der Waals surface area contributed by atoms with Crippen molar-refractivity contribution in [2.24, 2.45) is 5.92 Å². The molecular weight excluding hydrogens is 406 g/mol. The van der Waals surface area contributed by atoms with Gasteiger partial charge in [-0.1, -0.05) is 19.6 Å². The number of fused-ring (bicyclic) bond motifs is 3. The van der Waals surface area contributed by atoms with Crippen molar-refractivity contribution in [2.45, 2.75) is 45.3 Å². The second-order valence-electron chi connectivity index (χ2n) is 9.51. The van der Waals surface area contributed by atoms with E-state index in [1.54, 1.807) is 12.4 Å². The summed E-state index contributed by atoms with van der Waals surface area (Å²) in [5, 5.41) is 14.7. The second-order valence-corrected chi connectivity index (χ2v) is 15.1. The van der Waals surface area contributed by atoms with Gasteiger partial charge in [0.25, 0.3) is 0 Å². The molecule has 1 saturated heterocycles. The number of nitrogens with one attached hydrogen (secondary N) is 1. The molecule has 0 unspecified atom stereocenters. The number of rotatable bonds is 8. The van der Waals surface area contributed by atoms with E-state index in [1.807, 2.05) is 16.7 Å². The van der Waals surface area contributed by atoms with Crippen molar-refractivity contribution in [3.05, 3.63) is 30.2 Å². The number of pyridine rings is 2. The highest BCUT2D eigenvalue weighted by atomic mass is 28.3. The Balaban J connectivity index is 1.67. The number of hydrogen-bond donors (Lipinski definition) is 1. The maximum Gasteiger partial charge on any atom is 0.146 e. The molecule has 0 bridgehead atoms. The van der Waals surface area contributed by atoms with Crippen molar-refractivity contribution < 1.29 is 9.47 Å². The summed E-state index contributed by atoms with van der Waals surface area (Å²) in [7, 11) is -1.16. The lowest BCUT2D eigenvalue weighted by atomic mass is 10.0. The van der Waals surface area contributed by atoms with Crippen molar-refractivity contribution in [1.29, 1.82) is 5.26 Å². The molecule has 1 fully saturated rings. The van der Waals surface area contributed by atoms with E-state index in [2.05, 4.69) is 41.0 Å². The summed E-state index contributed by atoms with van der Waals surface area (Å²) in [5.74, 6) is 1.31. The van der Waals surface area contributed by atoms with Crippen LogP contribution < -0.4 is 10.1 Å². The van der Waals surface area contributed by atoms with Crippen molar-refractivity contribution >= 4 is 30.0 Å². The molecule has 4 rings (SSSR count). The fraction of sp³-hybridized carbons (Fsp3) is 0.522. The Morgan fingerprint density at radius 2 is 2.19 bits per heavy atom. The van der Waals surface area contributed by atoms with Crippen LogP contribution in [0.3, 0.4) is 0 Å². The Morgan fingerprint density at radius 3 is 2.94 bits per heavy atom. The third kappa shape index (κ3) is 5.06. The van der Waals surface area contributed by atoms with Crippen LogP contribution in [0.5, 0.6) is 5.75 Å². The second kappa shape index (κ2) is 9.35. The zero-order chi connectivity index (χ0) is 21.8. The van der Waals surface area contributed by atoms with E-state index >= 15 is 0 Å². The standard InChI is InChI=1S/C23H31N5O2Si/c1-31(2,3)10-9-29-16-28-20-14-27-18(12-24)11-19(20)22-21(6-8-26-23(22)28)30-15-17-5-4-7-25-13-17/h6,8,11,14,17,25H,4-5,7,9-10,13,15-16H2,1-3H3/t17-/m1/s1. The molecule has 31 heavy (non-hydrogen) atoms. The lowest BCUT2D eigenvalue weighted by Crippen LogP contribution is -2.33. The van der Waals surface area contributed by atoms with E-state index in [4.69, 9.17) is 9.47 Å². The van der Waals surface area contributed by atoms with Gasteiger partial charge >= 0.3 is 0 Å². The van der Waals surface area contributed by atoms with E-state index in [-0.39, 0.29) is 0 Å². The highest BCUT2D eigenvalue weighted by Crippen LogP contribution is 2.35. The third-order valence-electron chi connectivity index (χ3n) is 5.80. The smallest absolute Gasteiger partial charge is 0.146 e. The van der Waals surface area contributed by atoms with Gasteiger partial charge in [0.05, 0.1) is 23.7 Å². The van der Waals surface area contributed by atoms with Crippen molar-refractivity contribution in [3.8, 4) is 11.8 Å². The summed E-state index contributed by atoms with van der Waals surface area (Å²) in [4.78, 5) is 8.94. The molecule has 1 N–H and O–H groups in total. The van der Waals surface area contributed by atoms with Crippen LogP contribution in [-0.4, -0.2) is 48.9 Å². The first-order valence-electron chi connectivity index (χ1n) is 11.0. The normalized spacial score (nSPS) is 17.2. The molecule has 0 aliphatic carbocycles. The molecule has 0 radical (unpaired) electrons. The molecule has 0 aromatic carbocycles. The average Bonchev–Trinajstić information content (AvgIpc) is 3.08. The average molecular weight is 438 g/mol. The van der Waals surface area contributed by atoms with Crippen LogP contribution in [0.15, 0.2) is 24.5 Å². The SMILES string of the molecule is C[Si](C)(C)CCOCn1c2cnc(C#N)cc2c2c(OC[C@@H]3CCCNC3)ccnc21.